The van der Waals surface area contributed by atoms with Crippen molar-refractivity contribution in [1.82, 2.24) is 0 Å². The van der Waals surface area contributed by atoms with Crippen LogP contribution >= 0.6 is 9.24 Å². The molecule has 0 heterocycles. The molecule has 14 heavy (non-hydrogen) atoms. The molecule has 0 aliphatic heterocycles. The second kappa shape index (κ2) is 3.36. The van der Waals surface area contributed by atoms with Gasteiger partial charge in [0, 0.05) is 0 Å². The molecule has 0 fully saturated rings. The van der Waals surface area contributed by atoms with Gasteiger partial charge in [-0.2, -0.15) is 5.26 Å². The van der Waals surface area contributed by atoms with Crippen LogP contribution in [0.2, 0.25) is 0 Å². The van der Waals surface area contributed by atoms with Crippen LogP contribution in [-0.2, 0) is 0 Å². The van der Waals surface area contributed by atoms with E-state index in [4.69, 9.17) is 5.26 Å². The van der Waals surface area contributed by atoms with E-state index >= 15 is 0 Å². The molecule has 0 N–H and O–H groups in total. The van der Waals surface area contributed by atoms with Crippen LogP contribution in [0.15, 0.2) is 30.3 Å². The monoisotopic (exact) mass is 203 g/mol. The minimum absolute atomic E-state index is 0.281. The maximum atomic E-state index is 12.9. The molecule has 0 amide bonds. The normalized spacial score (nSPS) is 10.1. The molecule has 0 aliphatic rings. The minimum Gasteiger partial charge on any atom is -0.207 e. The molecule has 3 heteroatoms. The first kappa shape index (κ1) is 9.12. The number of nitrogens with zero attached hydrogens (tertiary/aromatic N) is 1. The summed E-state index contributed by atoms with van der Waals surface area (Å²) >= 11 is 0. The first-order chi connectivity index (χ1) is 6.70. The summed E-state index contributed by atoms with van der Waals surface area (Å²) in [5.41, 5.74) is 0.549. The van der Waals surface area contributed by atoms with E-state index in [2.05, 4.69) is 9.24 Å². The Kier molecular flexibility index (Phi) is 2.19. The van der Waals surface area contributed by atoms with Crippen molar-refractivity contribution in [2.75, 3.05) is 0 Å². The van der Waals surface area contributed by atoms with Gasteiger partial charge in [-0.3, -0.25) is 0 Å². The van der Waals surface area contributed by atoms with E-state index in [-0.39, 0.29) is 5.82 Å². The predicted octanol–water partition coefficient (Wildman–Crippen LogP) is 2.35. The van der Waals surface area contributed by atoms with Gasteiger partial charge < -0.3 is 0 Å². The molecule has 0 spiro atoms. The second-order valence-electron chi connectivity index (χ2n) is 3.04. The Morgan fingerprint density at radius 1 is 1.21 bits per heavy atom. The van der Waals surface area contributed by atoms with Crippen LogP contribution in [0, 0.1) is 17.1 Å². The molecule has 1 atom stereocenters. The molecule has 2 aromatic carbocycles. The molecule has 0 saturated heterocycles. The standard InChI is InChI=1S/C11H7FNP/c12-9-1-2-10-8(5-9)3-7(6-13)4-11(10)14/h1-5H,14H2. The van der Waals surface area contributed by atoms with E-state index in [0.29, 0.717) is 5.56 Å². The molecular weight excluding hydrogens is 196 g/mol. The lowest BCUT2D eigenvalue weighted by Gasteiger charge is -2.02. The van der Waals surface area contributed by atoms with Gasteiger partial charge in [-0.1, -0.05) is 6.07 Å². The molecule has 1 nitrogen and oxygen atoms in total. The Bertz CT molecular complexity index is 543. The van der Waals surface area contributed by atoms with E-state index in [1.807, 2.05) is 6.07 Å². The number of rotatable bonds is 0. The van der Waals surface area contributed by atoms with Crippen molar-refractivity contribution in [1.29, 1.82) is 5.26 Å². The summed E-state index contributed by atoms with van der Waals surface area (Å²) in [6, 6.07) is 10.1. The van der Waals surface area contributed by atoms with Gasteiger partial charge in [-0.05, 0) is 40.3 Å². The van der Waals surface area contributed by atoms with Crippen LogP contribution in [0.3, 0.4) is 0 Å². The zero-order valence-corrected chi connectivity index (χ0v) is 8.44. The molecule has 0 saturated carbocycles. The summed E-state index contributed by atoms with van der Waals surface area (Å²) in [6.45, 7) is 0. The Balaban J connectivity index is 2.85. The zero-order valence-electron chi connectivity index (χ0n) is 7.29. The van der Waals surface area contributed by atoms with Crippen molar-refractivity contribution >= 4 is 25.3 Å². The van der Waals surface area contributed by atoms with Gasteiger partial charge in [-0.25, -0.2) is 4.39 Å². The first-order valence-corrected chi connectivity index (χ1v) is 4.67. The van der Waals surface area contributed by atoms with Crippen molar-refractivity contribution in [3.63, 3.8) is 0 Å². The highest BCUT2D eigenvalue weighted by molar-refractivity contribution is 7.28. The fraction of sp³-hybridized carbons (Fsp3) is 0. The lowest BCUT2D eigenvalue weighted by Crippen LogP contribution is -1.95. The molecular formula is C11H7FNP. The number of benzene rings is 2. The van der Waals surface area contributed by atoms with Crippen LogP contribution in [0.25, 0.3) is 10.8 Å². The zero-order chi connectivity index (χ0) is 10.1. The highest BCUT2D eigenvalue weighted by Crippen LogP contribution is 2.17. The lowest BCUT2D eigenvalue weighted by atomic mass is 10.1. The number of hydrogen-bond acceptors (Lipinski definition) is 1. The van der Waals surface area contributed by atoms with Gasteiger partial charge in [0.15, 0.2) is 0 Å². The van der Waals surface area contributed by atoms with Crippen LogP contribution in [-0.4, -0.2) is 0 Å². The van der Waals surface area contributed by atoms with Crippen molar-refractivity contribution in [2.45, 2.75) is 0 Å². The molecule has 0 radical (unpaired) electrons. The smallest absolute Gasteiger partial charge is 0.123 e. The lowest BCUT2D eigenvalue weighted by molar-refractivity contribution is 0.630. The highest BCUT2D eigenvalue weighted by atomic mass is 31.0. The van der Waals surface area contributed by atoms with Gasteiger partial charge >= 0.3 is 0 Å². The van der Waals surface area contributed by atoms with Gasteiger partial charge in [0.25, 0.3) is 0 Å². The molecule has 0 aliphatic carbocycles. The van der Waals surface area contributed by atoms with Crippen LogP contribution in [0.1, 0.15) is 5.56 Å². The summed E-state index contributed by atoms with van der Waals surface area (Å²) in [4.78, 5) is 0. The van der Waals surface area contributed by atoms with Gasteiger partial charge in [0.2, 0.25) is 0 Å². The van der Waals surface area contributed by atoms with Crippen molar-refractivity contribution in [3.05, 3.63) is 41.7 Å². The number of halogens is 1. The SMILES string of the molecule is N#Cc1cc(P)c2ccc(F)cc2c1. The third-order valence-corrected chi connectivity index (χ3v) is 2.55. The largest absolute Gasteiger partial charge is 0.207 e. The number of fused-ring (bicyclic) bond motifs is 1. The summed E-state index contributed by atoms with van der Waals surface area (Å²) in [5.74, 6) is -0.281. The maximum Gasteiger partial charge on any atom is 0.123 e. The maximum absolute atomic E-state index is 12.9. The van der Waals surface area contributed by atoms with Gasteiger partial charge in [0.05, 0.1) is 11.6 Å². The predicted molar refractivity (Wildman–Crippen MR) is 58.0 cm³/mol. The van der Waals surface area contributed by atoms with Gasteiger partial charge in [-0.15, -0.1) is 9.24 Å². The molecule has 1 unspecified atom stereocenters. The summed E-state index contributed by atoms with van der Waals surface area (Å²) in [7, 11) is 2.55. The Morgan fingerprint density at radius 2 is 2.00 bits per heavy atom. The average Bonchev–Trinajstić information content (AvgIpc) is 2.16. The summed E-state index contributed by atoms with van der Waals surface area (Å²) in [6.07, 6.45) is 0. The molecule has 68 valence electrons. The topological polar surface area (TPSA) is 23.8 Å². The highest BCUT2D eigenvalue weighted by Gasteiger charge is 2.01. The fourth-order valence-corrected chi connectivity index (χ4v) is 1.88. The Labute approximate surface area is 83.4 Å². The second-order valence-corrected chi connectivity index (χ2v) is 3.66. The van der Waals surface area contributed by atoms with Gasteiger partial charge in [0.1, 0.15) is 5.82 Å². The van der Waals surface area contributed by atoms with E-state index in [0.717, 1.165) is 16.1 Å². The Morgan fingerprint density at radius 3 is 2.71 bits per heavy atom. The van der Waals surface area contributed by atoms with Crippen molar-refractivity contribution < 1.29 is 4.39 Å². The average molecular weight is 203 g/mol. The van der Waals surface area contributed by atoms with Crippen molar-refractivity contribution in [3.8, 4) is 6.07 Å². The van der Waals surface area contributed by atoms with Crippen LogP contribution in [0.5, 0.6) is 0 Å². The third-order valence-electron chi connectivity index (χ3n) is 2.08. The van der Waals surface area contributed by atoms with Crippen molar-refractivity contribution in [2.24, 2.45) is 0 Å². The number of nitriles is 1. The van der Waals surface area contributed by atoms with E-state index in [1.54, 1.807) is 18.2 Å². The van der Waals surface area contributed by atoms with Crippen LogP contribution in [0.4, 0.5) is 4.39 Å². The van der Waals surface area contributed by atoms with E-state index in [9.17, 15) is 4.39 Å². The number of hydrogen-bond donors (Lipinski definition) is 0. The Hall–Kier alpha value is -1.45. The van der Waals surface area contributed by atoms with E-state index < -0.39 is 0 Å². The molecule has 2 aromatic rings. The minimum atomic E-state index is -0.281. The third kappa shape index (κ3) is 1.47. The quantitative estimate of drug-likeness (QED) is 0.603. The molecule has 0 bridgehead atoms. The molecule has 2 rings (SSSR count). The first-order valence-electron chi connectivity index (χ1n) is 4.09. The van der Waals surface area contributed by atoms with E-state index in [1.165, 1.54) is 12.1 Å². The summed E-state index contributed by atoms with van der Waals surface area (Å²) in [5, 5.41) is 11.4. The van der Waals surface area contributed by atoms with Crippen LogP contribution < -0.4 is 5.30 Å². The fourth-order valence-electron chi connectivity index (χ4n) is 1.43. The summed E-state index contributed by atoms with van der Waals surface area (Å²) < 4.78 is 12.9. The molecule has 0 aromatic heterocycles.